The lowest BCUT2D eigenvalue weighted by Gasteiger charge is -2.18. The van der Waals surface area contributed by atoms with E-state index in [4.69, 9.17) is 9.47 Å². The third kappa shape index (κ3) is 4.94. The molecule has 2 unspecified atom stereocenters. The van der Waals surface area contributed by atoms with E-state index in [1.807, 2.05) is 30.3 Å². The molecule has 1 aromatic carbocycles. The quantitative estimate of drug-likeness (QED) is 0.783. The zero-order valence-corrected chi connectivity index (χ0v) is 13.8. The molecule has 0 fully saturated rings. The van der Waals surface area contributed by atoms with Gasteiger partial charge in [-0.2, -0.15) is 0 Å². The Kier molecular flexibility index (Phi) is 6.38. The molecule has 124 valence electrons. The Morgan fingerprint density at radius 1 is 1.09 bits per heavy atom. The van der Waals surface area contributed by atoms with E-state index in [-0.39, 0.29) is 6.04 Å². The second-order valence-electron chi connectivity index (χ2n) is 5.50. The number of ether oxygens (including phenoxy) is 2. The van der Waals surface area contributed by atoms with Gasteiger partial charge in [-0.05, 0) is 48.7 Å². The number of hydrogen-bond acceptors (Lipinski definition) is 5. The zero-order valence-electron chi connectivity index (χ0n) is 13.8. The maximum atomic E-state index is 10.2. The number of benzene rings is 1. The van der Waals surface area contributed by atoms with Crippen LogP contribution in [0.25, 0.3) is 0 Å². The predicted octanol–water partition coefficient (Wildman–Crippen LogP) is 2.35. The van der Waals surface area contributed by atoms with Gasteiger partial charge in [-0.25, -0.2) is 0 Å². The van der Waals surface area contributed by atoms with Crippen LogP contribution in [0.1, 0.15) is 24.2 Å². The van der Waals surface area contributed by atoms with E-state index >= 15 is 0 Å². The van der Waals surface area contributed by atoms with Crippen molar-refractivity contribution in [2.24, 2.45) is 0 Å². The Bertz CT molecular complexity index is 604. The van der Waals surface area contributed by atoms with Gasteiger partial charge >= 0.3 is 0 Å². The number of aliphatic hydroxyl groups is 1. The van der Waals surface area contributed by atoms with E-state index in [2.05, 4.69) is 17.2 Å². The molecule has 0 saturated carbocycles. The van der Waals surface area contributed by atoms with E-state index in [9.17, 15) is 5.11 Å². The molecule has 2 atom stereocenters. The van der Waals surface area contributed by atoms with Crippen molar-refractivity contribution in [3.63, 3.8) is 0 Å². The molecule has 1 aromatic heterocycles. The molecule has 5 nitrogen and oxygen atoms in total. The topological polar surface area (TPSA) is 63.6 Å². The van der Waals surface area contributed by atoms with Crippen LogP contribution in [0.5, 0.6) is 11.5 Å². The summed E-state index contributed by atoms with van der Waals surface area (Å²) in [5.41, 5.74) is 2.02. The molecule has 23 heavy (non-hydrogen) atoms. The van der Waals surface area contributed by atoms with Gasteiger partial charge in [0.15, 0.2) is 11.5 Å². The number of nitrogens with one attached hydrogen (secondary N) is 1. The number of aromatic nitrogens is 1. The number of methoxy groups -OCH3 is 2. The first kappa shape index (κ1) is 17.2. The van der Waals surface area contributed by atoms with Crippen molar-refractivity contribution in [2.75, 3.05) is 20.8 Å². The lowest BCUT2D eigenvalue weighted by atomic mass is 10.1. The molecule has 1 heterocycles. The summed E-state index contributed by atoms with van der Waals surface area (Å²) in [6.07, 6.45) is 3.67. The molecule has 2 aromatic rings. The van der Waals surface area contributed by atoms with Gasteiger partial charge in [0.1, 0.15) is 0 Å². The highest BCUT2D eigenvalue weighted by molar-refractivity contribution is 5.43. The molecule has 0 aliphatic carbocycles. The third-order valence-electron chi connectivity index (χ3n) is 3.74. The predicted molar refractivity (Wildman–Crippen MR) is 89.9 cm³/mol. The van der Waals surface area contributed by atoms with Gasteiger partial charge in [-0.3, -0.25) is 4.98 Å². The number of rotatable bonds is 8. The first-order chi connectivity index (χ1) is 11.1. The monoisotopic (exact) mass is 316 g/mol. The molecule has 2 rings (SSSR count). The number of hydrogen-bond donors (Lipinski definition) is 2. The fourth-order valence-electron chi connectivity index (χ4n) is 2.45. The highest BCUT2D eigenvalue weighted by Gasteiger charge is 2.11. The summed E-state index contributed by atoms with van der Waals surface area (Å²) in [6, 6.07) is 9.79. The van der Waals surface area contributed by atoms with E-state index in [0.717, 1.165) is 29.0 Å². The molecule has 0 saturated heterocycles. The standard InChI is InChI=1S/C18H24N2O3/c1-13(20-12-16(21)15-6-8-19-9-7-15)10-14-4-5-17(22-2)18(11-14)23-3/h4-9,11,13,16,20-21H,10,12H2,1-3H3. The Morgan fingerprint density at radius 2 is 1.78 bits per heavy atom. The van der Waals surface area contributed by atoms with Gasteiger partial charge in [0.2, 0.25) is 0 Å². The van der Waals surface area contributed by atoms with Crippen molar-refractivity contribution >= 4 is 0 Å². The van der Waals surface area contributed by atoms with Crippen LogP contribution >= 0.6 is 0 Å². The van der Waals surface area contributed by atoms with E-state index in [1.165, 1.54) is 0 Å². The van der Waals surface area contributed by atoms with Crippen LogP contribution in [-0.4, -0.2) is 36.9 Å². The average molecular weight is 316 g/mol. The first-order valence-electron chi connectivity index (χ1n) is 7.66. The van der Waals surface area contributed by atoms with Crippen molar-refractivity contribution in [3.05, 3.63) is 53.9 Å². The molecule has 0 radical (unpaired) electrons. The van der Waals surface area contributed by atoms with Crippen LogP contribution in [0.3, 0.4) is 0 Å². The van der Waals surface area contributed by atoms with Gasteiger partial charge in [-0.15, -0.1) is 0 Å². The maximum Gasteiger partial charge on any atom is 0.160 e. The Hall–Kier alpha value is -2.11. The summed E-state index contributed by atoms with van der Waals surface area (Å²) < 4.78 is 10.6. The lowest BCUT2D eigenvalue weighted by molar-refractivity contribution is 0.170. The van der Waals surface area contributed by atoms with Crippen molar-refractivity contribution in [3.8, 4) is 11.5 Å². The highest BCUT2D eigenvalue weighted by Crippen LogP contribution is 2.28. The van der Waals surface area contributed by atoms with Crippen LogP contribution in [0.4, 0.5) is 0 Å². The second kappa shape index (κ2) is 8.50. The molecule has 0 amide bonds. The molecular formula is C18H24N2O3. The summed E-state index contributed by atoms with van der Waals surface area (Å²) in [4.78, 5) is 3.96. The molecule has 5 heteroatoms. The van der Waals surface area contributed by atoms with Gasteiger partial charge < -0.3 is 19.9 Å². The van der Waals surface area contributed by atoms with Crippen LogP contribution in [0.2, 0.25) is 0 Å². The Morgan fingerprint density at radius 3 is 2.43 bits per heavy atom. The molecule has 0 aliphatic heterocycles. The maximum absolute atomic E-state index is 10.2. The summed E-state index contributed by atoms with van der Waals surface area (Å²) in [5, 5.41) is 13.5. The van der Waals surface area contributed by atoms with E-state index in [1.54, 1.807) is 26.6 Å². The number of pyridine rings is 1. The van der Waals surface area contributed by atoms with E-state index < -0.39 is 6.10 Å². The van der Waals surface area contributed by atoms with Gasteiger partial charge in [0.05, 0.1) is 20.3 Å². The van der Waals surface area contributed by atoms with Gasteiger partial charge in [0.25, 0.3) is 0 Å². The molecule has 2 N–H and O–H groups in total. The van der Waals surface area contributed by atoms with E-state index in [0.29, 0.717) is 6.54 Å². The number of nitrogens with zero attached hydrogens (tertiary/aromatic N) is 1. The van der Waals surface area contributed by atoms with Crippen molar-refractivity contribution < 1.29 is 14.6 Å². The normalized spacial score (nSPS) is 13.4. The first-order valence-corrected chi connectivity index (χ1v) is 7.66. The minimum Gasteiger partial charge on any atom is -0.493 e. The summed E-state index contributed by atoms with van der Waals surface area (Å²) in [7, 11) is 3.26. The van der Waals surface area contributed by atoms with Crippen LogP contribution in [-0.2, 0) is 6.42 Å². The molecule has 0 bridgehead atoms. The second-order valence-corrected chi connectivity index (χ2v) is 5.50. The SMILES string of the molecule is COc1ccc(CC(C)NCC(O)c2ccncc2)cc1OC. The zero-order chi connectivity index (χ0) is 16.7. The fourth-order valence-corrected chi connectivity index (χ4v) is 2.45. The highest BCUT2D eigenvalue weighted by atomic mass is 16.5. The molecular weight excluding hydrogens is 292 g/mol. The lowest BCUT2D eigenvalue weighted by Crippen LogP contribution is -2.32. The van der Waals surface area contributed by atoms with Crippen LogP contribution in [0, 0.1) is 0 Å². The smallest absolute Gasteiger partial charge is 0.160 e. The molecule has 0 aliphatic rings. The van der Waals surface area contributed by atoms with Crippen LogP contribution < -0.4 is 14.8 Å². The summed E-state index contributed by atoms with van der Waals surface area (Å²) >= 11 is 0. The Labute approximate surface area is 137 Å². The Balaban J connectivity index is 1.88. The minimum absolute atomic E-state index is 0.226. The van der Waals surface area contributed by atoms with Gasteiger partial charge in [0, 0.05) is 25.0 Å². The minimum atomic E-state index is -0.536. The summed E-state index contributed by atoms with van der Waals surface area (Å²) in [5.74, 6) is 1.46. The van der Waals surface area contributed by atoms with Crippen molar-refractivity contribution in [1.82, 2.24) is 10.3 Å². The third-order valence-corrected chi connectivity index (χ3v) is 3.74. The summed E-state index contributed by atoms with van der Waals surface area (Å²) in [6.45, 7) is 2.59. The van der Waals surface area contributed by atoms with Crippen molar-refractivity contribution in [2.45, 2.75) is 25.5 Å². The number of aliphatic hydroxyl groups excluding tert-OH is 1. The fraction of sp³-hybridized carbons (Fsp3) is 0.389. The van der Waals surface area contributed by atoms with Crippen molar-refractivity contribution in [1.29, 1.82) is 0 Å². The molecule has 0 spiro atoms. The average Bonchev–Trinajstić information content (AvgIpc) is 2.60. The van der Waals surface area contributed by atoms with Gasteiger partial charge in [-0.1, -0.05) is 6.07 Å². The largest absolute Gasteiger partial charge is 0.493 e. The van der Waals surface area contributed by atoms with Crippen LogP contribution in [0.15, 0.2) is 42.7 Å².